The number of hydrogen-bond donors (Lipinski definition) is 1. The lowest BCUT2D eigenvalue weighted by Crippen LogP contribution is -2.30. The number of pyridine rings is 1. The van der Waals surface area contributed by atoms with Crippen molar-refractivity contribution < 1.29 is 4.79 Å². The molecule has 0 radical (unpaired) electrons. The first-order chi connectivity index (χ1) is 15.5. The normalized spacial score (nSPS) is 15.1. The number of aryl methyl sites for hydroxylation is 2. The third-order valence-corrected chi connectivity index (χ3v) is 6.66. The van der Waals surface area contributed by atoms with Crippen LogP contribution >= 0.6 is 11.8 Å². The topological polar surface area (TPSA) is 94.7 Å². The molecule has 0 bridgehead atoms. The summed E-state index contributed by atoms with van der Waals surface area (Å²) in [7, 11) is 0. The Morgan fingerprint density at radius 1 is 1.25 bits per heavy atom. The fourth-order valence-electron chi connectivity index (χ4n) is 3.98. The second kappa shape index (κ2) is 8.23. The Labute approximate surface area is 188 Å². The maximum Gasteiger partial charge on any atom is 0.265 e. The number of amides is 1. The maximum absolute atomic E-state index is 13.3. The van der Waals surface area contributed by atoms with Crippen molar-refractivity contribution >= 4 is 28.7 Å². The molecule has 4 heterocycles. The number of benzene rings is 1. The van der Waals surface area contributed by atoms with Gasteiger partial charge in [-0.2, -0.15) is 5.10 Å². The molecule has 3 aromatic heterocycles. The highest BCUT2D eigenvalue weighted by molar-refractivity contribution is 7.99. The van der Waals surface area contributed by atoms with Gasteiger partial charge in [-0.3, -0.25) is 19.1 Å². The van der Waals surface area contributed by atoms with E-state index in [1.807, 2.05) is 44.2 Å². The molecule has 0 saturated carbocycles. The van der Waals surface area contributed by atoms with Gasteiger partial charge < -0.3 is 5.32 Å². The number of hydrogen-bond acceptors (Lipinski definition) is 6. The minimum absolute atomic E-state index is 0.118. The SMILES string of the molecule is Cc1ccc(-n2ncc3c(=O)n4c(nc32)SCC4CC(=O)NCc2ccccn2)c(C)c1. The molecule has 32 heavy (non-hydrogen) atoms. The lowest BCUT2D eigenvalue weighted by Gasteiger charge is -2.13. The van der Waals surface area contributed by atoms with Crippen LogP contribution in [0.4, 0.5) is 0 Å². The van der Waals surface area contributed by atoms with E-state index in [-0.39, 0.29) is 23.9 Å². The summed E-state index contributed by atoms with van der Waals surface area (Å²) in [6.45, 7) is 4.42. The van der Waals surface area contributed by atoms with Crippen molar-refractivity contribution in [2.24, 2.45) is 0 Å². The van der Waals surface area contributed by atoms with Crippen LogP contribution in [0.25, 0.3) is 16.7 Å². The smallest absolute Gasteiger partial charge is 0.265 e. The van der Waals surface area contributed by atoms with E-state index in [1.54, 1.807) is 21.6 Å². The second-order valence-electron chi connectivity index (χ2n) is 7.92. The number of fused-ring (bicyclic) bond motifs is 2. The van der Waals surface area contributed by atoms with E-state index in [4.69, 9.17) is 4.98 Å². The molecule has 0 saturated heterocycles. The Morgan fingerprint density at radius 3 is 2.91 bits per heavy atom. The first-order valence-corrected chi connectivity index (χ1v) is 11.4. The van der Waals surface area contributed by atoms with Crippen molar-refractivity contribution in [3.63, 3.8) is 0 Å². The molecular weight excluding hydrogens is 424 g/mol. The monoisotopic (exact) mass is 446 g/mol. The maximum atomic E-state index is 13.3. The quantitative estimate of drug-likeness (QED) is 0.474. The number of nitrogens with one attached hydrogen (secondary N) is 1. The molecule has 0 aliphatic carbocycles. The molecule has 1 aliphatic heterocycles. The Kier molecular flexibility index (Phi) is 5.26. The minimum atomic E-state index is -0.243. The zero-order chi connectivity index (χ0) is 22.2. The molecular formula is C23H22N6O2S. The Morgan fingerprint density at radius 2 is 2.12 bits per heavy atom. The zero-order valence-electron chi connectivity index (χ0n) is 17.8. The predicted octanol–water partition coefficient (Wildman–Crippen LogP) is 2.95. The highest BCUT2D eigenvalue weighted by Crippen LogP contribution is 2.33. The number of rotatable bonds is 5. The molecule has 1 aliphatic rings. The third kappa shape index (κ3) is 3.69. The number of carbonyl (C=O) groups excluding carboxylic acids is 1. The molecule has 1 aromatic carbocycles. The van der Waals surface area contributed by atoms with Crippen molar-refractivity contribution in [3.05, 3.63) is 76.0 Å². The van der Waals surface area contributed by atoms with Crippen molar-refractivity contribution in [3.8, 4) is 5.69 Å². The second-order valence-corrected chi connectivity index (χ2v) is 8.91. The number of nitrogens with zero attached hydrogens (tertiary/aromatic N) is 5. The lowest BCUT2D eigenvalue weighted by molar-refractivity contribution is -0.121. The molecule has 1 N–H and O–H groups in total. The van der Waals surface area contributed by atoms with Gasteiger partial charge in [-0.05, 0) is 37.6 Å². The summed E-state index contributed by atoms with van der Waals surface area (Å²) in [5.74, 6) is 0.509. The van der Waals surface area contributed by atoms with Crippen molar-refractivity contribution in [2.45, 2.75) is 38.0 Å². The molecule has 5 rings (SSSR count). The third-order valence-electron chi connectivity index (χ3n) is 5.56. The minimum Gasteiger partial charge on any atom is -0.350 e. The summed E-state index contributed by atoms with van der Waals surface area (Å²) in [4.78, 5) is 34.8. The molecule has 0 spiro atoms. The van der Waals surface area contributed by atoms with Crippen LogP contribution in [0.2, 0.25) is 0 Å². The van der Waals surface area contributed by atoms with Gasteiger partial charge in [0.15, 0.2) is 10.8 Å². The average Bonchev–Trinajstić information content (AvgIpc) is 3.38. The van der Waals surface area contributed by atoms with Gasteiger partial charge >= 0.3 is 0 Å². The first kappa shape index (κ1) is 20.4. The Balaban J connectivity index is 1.42. The number of thioether (sulfide) groups is 1. The summed E-state index contributed by atoms with van der Waals surface area (Å²) in [5, 5.41) is 8.41. The molecule has 1 unspecified atom stereocenters. The Bertz CT molecular complexity index is 1380. The van der Waals surface area contributed by atoms with Crippen LogP contribution < -0.4 is 10.9 Å². The van der Waals surface area contributed by atoms with Crippen LogP contribution in [0.1, 0.15) is 29.3 Å². The predicted molar refractivity (Wildman–Crippen MR) is 123 cm³/mol. The van der Waals surface area contributed by atoms with E-state index < -0.39 is 0 Å². The van der Waals surface area contributed by atoms with E-state index in [0.717, 1.165) is 22.5 Å². The Hall–Kier alpha value is -3.46. The summed E-state index contributed by atoms with van der Waals surface area (Å²) in [6, 6.07) is 11.4. The van der Waals surface area contributed by atoms with Gasteiger partial charge in [0, 0.05) is 18.4 Å². The van der Waals surface area contributed by atoms with Gasteiger partial charge in [0.2, 0.25) is 5.91 Å². The van der Waals surface area contributed by atoms with Gasteiger partial charge in [-0.1, -0.05) is 35.5 Å². The number of carbonyl (C=O) groups is 1. The van der Waals surface area contributed by atoms with Crippen LogP contribution in [0.15, 0.2) is 58.7 Å². The molecule has 9 heteroatoms. The summed E-state index contributed by atoms with van der Waals surface area (Å²) in [5.41, 5.74) is 4.30. The van der Waals surface area contributed by atoms with Crippen LogP contribution in [0.3, 0.4) is 0 Å². The summed E-state index contributed by atoms with van der Waals surface area (Å²) in [6.07, 6.45) is 3.48. The van der Waals surface area contributed by atoms with Crippen molar-refractivity contribution in [1.82, 2.24) is 29.6 Å². The van der Waals surface area contributed by atoms with Gasteiger partial charge in [0.25, 0.3) is 5.56 Å². The van der Waals surface area contributed by atoms with E-state index in [0.29, 0.717) is 28.5 Å². The van der Waals surface area contributed by atoms with Gasteiger partial charge in [-0.15, -0.1) is 0 Å². The van der Waals surface area contributed by atoms with E-state index in [2.05, 4.69) is 21.5 Å². The molecule has 4 aromatic rings. The van der Waals surface area contributed by atoms with Gasteiger partial charge in [0.05, 0.1) is 30.2 Å². The first-order valence-electron chi connectivity index (χ1n) is 10.4. The van der Waals surface area contributed by atoms with Gasteiger partial charge in [0.1, 0.15) is 5.39 Å². The van der Waals surface area contributed by atoms with Crippen LogP contribution in [0.5, 0.6) is 0 Å². The zero-order valence-corrected chi connectivity index (χ0v) is 18.6. The largest absolute Gasteiger partial charge is 0.350 e. The van der Waals surface area contributed by atoms with E-state index in [1.165, 1.54) is 11.8 Å². The van der Waals surface area contributed by atoms with E-state index >= 15 is 0 Å². The van der Waals surface area contributed by atoms with Crippen molar-refractivity contribution in [2.75, 3.05) is 5.75 Å². The average molecular weight is 447 g/mol. The summed E-state index contributed by atoms with van der Waals surface area (Å²) < 4.78 is 3.36. The molecule has 1 atom stereocenters. The highest BCUT2D eigenvalue weighted by Gasteiger charge is 2.29. The molecule has 0 fully saturated rings. The fraction of sp³-hybridized carbons (Fsp3) is 0.261. The van der Waals surface area contributed by atoms with Crippen LogP contribution in [0, 0.1) is 13.8 Å². The van der Waals surface area contributed by atoms with Crippen molar-refractivity contribution in [1.29, 1.82) is 0 Å². The van der Waals surface area contributed by atoms with Crippen LogP contribution in [-0.2, 0) is 11.3 Å². The molecule has 8 nitrogen and oxygen atoms in total. The highest BCUT2D eigenvalue weighted by atomic mass is 32.2. The van der Waals surface area contributed by atoms with Crippen LogP contribution in [-0.4, -0.2) is 36.0 Å². The summed E-state index contributed by atoms with van der Waals surface area (Å²) >= 11 is 1.49. The molecule has 1 amide bonds. The number of aromatic nitrogens is 5. The lowest BCUT2D eigenvalue weighted by atomic mass is 10.1. The van der Waals surface area contributed by atoms with E-state index in [9.17, 15) is 9.59 Å². The standard InChI is InChI=1S/C23H22N6O2S/c1-14-6-7-19(15(2)9-14)29-21-18(12-26-29)22(31)28-17(13-32-23(28)27-21)10-20(30)25-11-16-5-3-4-8-24-16/h3-9,12,17H,10-11,13H2,1-2H3,(H,25,30). The molecule has 162 valence electrons. The van der Waals surface area contributed by atoms with Gasteiger partial charge in [-0.25, -0.2) is 9.67 Å². The fourth-order valence-corrected chi connectivity index (χ4v) is 5.11.